The summed E-state index contributed by atoms with van der Waals surface area (Å²) in [5.41, 5.74) is 0.813. The minimum absolute atomic E-state index is 0.261. The fourth-order valence-corrected chi connectivity index (χ4v) is 3.42. The maximum Gasteiger partial charge on any atom is 0.332 e. The standard InChI is InChI=1S/C17H18FN5O2/c1-10-8-22(12-6-4-11(18)5-7-12)16-19-14-13(23(16)9-10)15(24)21(3)17(25)20(14)2/h4-7,10H,8-9H2,1-3H3/t10-/m0/s1. The fraction of sp³-hybridized carbons (Fsp3) is 0.353. The lowest BCUT2D eigenvalue weighted by Crippen LogP contribution is -2.38. The average molecular weight is 343 g/mol. The molecule has 25 heavy (non-hydrogen) atoms. The molecular formula is C17H18FN5O2. The van der Waals surface area contributed by atoms with Gasteiger partial charge in [0.25, 0.3) is 5.56 Å². The molecule has 0 fully saturated rings. The quantitative estimate of drug-likeness (QED) is 0.669. The molecule has 1 aliphatic heterocycles. The van der Waals surface area contributed by atoms with Crippen molar-refractivity contribution < 1.29 is 4.39 Å². The third-order valence-electron chi connectivity index (χ3n) is 4.70. The highest BCUT2D eigenvalue weighted by molar-refractivity contribution is 5.77. The molecule has 130 valence electrons. The van der Waals surface area contributed by atoms with Gasteiger partial charge in [0, 0.05) is 32.9 Å². The lowest BCUT2D eigenvalue weighted by molar-refractivity contribution is 0.458. The predicted octanol–water partition coefficient (Wildman–Crippen LogP) is 1.36. The topological polar surface area (TPSA) is 65.1 Å². The van der Waals surface area contributed by atoms with E-state index >= 15 is 0 Å². The SMILES string of the molecule is C[C@H]1CN(c2ccc(F)cc2)c2nc3c(c(=O)n(C)c(=O)n3C)n2C1. The first kappa shape index (κ1) is 15.6. The molecule has 3 aromatic rings. The molecule has 0 N–H and O–H groups in total. The molecule has 0 spiro atoms. The maximum atomic E-state index is 13.3. The lowest BCUT2D eigenvalue weighted by atomic mass is 10.1. The Morgan fingerprint density at radius 2 is 1.76 bits per heavy atom. The molecule has 2 aromatic heterocycles. The van der Waals surface area contributed by atoms with Crippen LogP contribution < -0.4 is 16.1 Å². The number of imidazole rings is 1. The Morgan fingerprint density at radius 3 is 2.44 bits per heavy atom. The van der Waals surface area contributed by atoms with Crippen molar-refractivity contribution in [1.29, 1.82) is 0 Å². The Hall–Kier alpha value is -2.90. The number of rotatable bonds is 1. The molecule has 3 heterocycles. The number of nitrogens with zero attached hydrogens (tertiary/aromatic N) is 5. The van der Waals surface area contributed by atoms with Crippen LogP contribution in [0, 0.1) is 11.7 Å². The number of halogens is 1. The van der Waals surface area contributed by atoms with Crippen molar-refractivity contribution in [3.63, 3.8) is 0 Å². The number of hydrogen-bond acceptors (Lipinski definition) is 4. The van der Waals surface area contributed by atoms with Gasteiger partial charge in [-0.15, -0.1) is 0 Å². The van der Waals surface area contributed by atoms with Crippen LogP contribution in [0.1, 0.15) is 6.92 Å². The second-order valence-corrected chi connectivity index (χ2v) is 6.59. The first-order chi connectivity index (χ1) is 11.9. The van der Waals surface area contributed by atoms with Gasteiger partial charge in [-0.05, 0) is 30.2 Å². The molecule has 0 saturated heterocycles. The molecule has 0 amide bonds. The van der Waals surface area contributed by atoms with E-state index in [4.69, 9.17) is 0 Å². The van der Waals surface area contributed by atoms with Gasteiger partial charge in [0.15, 0.2) is 11.2 Å². The lowest BCUT2D eigenvalue weighted by Gasteiger charge is -2.32. The number of aromatic nitrogens is 4. The molecule has 4 rings (SSSR count). The Balaban J connectivity index is 2.03. The molecule has 0 bridgehead atoms. The van der Waals surface area contributed by atoms with E-state index in [0.717, 1.165) is 10.3 Å². The van der Waals surface area contributed by atoms with E-state index < -0.39 is 5.69 Å². The summed E-state index contributed by atoms with van der Waals surface area (Å²) < 4.78 is 17.6. The van der Waals surface area contributed by atoms with Crippen LogP contribution in [0.5, 0.6) is 0 Å². The minimum Gasteiger partial charge on any atom is -0.312 e. The normalized spacial score (nSPS) is 17.1. The highest BCUT2D eigenvalue weighted by Crippen LogP contribution is 2.32. The van der Waals surface area contributed by atoms with Crippen molar-refractivity contribution in [2.24, 2.45) is 20.0 Å². The van der Waals surface area contributed by atoms with E-state index in [1.807, 2.05) is 9.47 Å². The molecule has 1 atom stereocenters. The van der Waals surface area contributed by atoms with Crippen molar-refractivity contribution in [3.8, 4) is 0 Å². The van der Waals surface area contributed by atoms with Crippen molar-refractivity contribution in [2.75, 3.05) is 11.4 Å². The first-order valence-electron chi connectivity index (χ1n) is 8.08. The molecule has 1 aliphatic rings. The predicted molar refractivity (Wildman–Crippen MR) is 92.8 cm³/mol. The van der Waals surface area contributed by atoms with Crippen LogP contribution in [0.2, 0.25) is 0 Å². The van der Waals surface area contributed by atoms with Crippen molar-refractivity contribution >= 4 is 22.8 Å². The highest BCUT2D eigenvalue weighted by atomic mass is 19.1. The number of benzene rings is 1. The summed E-state index contributed by atoms with van der Waals surface area (Å²) in [6.07, 6.45) is 0. The van der Waals surface area contributed by atoms with Crippen LogP contribution in [0.15, 0.2) is 33.9 Å². The largest absolute Gasteiger partial charge is 0.332 e. The summed E-state index contributed by atoms with van der Waals surface area (Å²) in [6.45, 7) is 3.41. The van der Waals surface area contributed by atoms with Crippen LogP contribution in [0.25, 0.3) is 11.2 Å². The zero-order chi connectivity index (χ0) is 17.9. The summed E-state index contributed by atoms with van der Waals surface area (Å²) in [6, 6.07) is 6.18. The van der Waals surface area contributed by atoms with Crippen molar-refractivity contribution in [1.82, 2.24) is 18.7 Å². The molecular weight excluding hydrogens is 325 g/mol. The van der Waals surface area contributed by atoms with E-state index in [1.165, 1.54) is 23.7 Å². The van der Waals surface area contributed by atoms with Crippen molar-refractivity contribution in [3.05, 3.63) is 50.9 Å². The monoisotopic (exact) mass is 343 g/mol. The molecule has 0 unspecified atom stereocenters. The van der Waals surface area contributed by atoms with E-state index in [0.29, 0.717) is 30.2 Å². The number of anilines is 2. The zero-order valence-corrected chi connectivity index (χ0v) is 14.2. The van der Waals surface area contributed by atoms with Crippen LogP contribution in [-0.2, 0) is 20.6 Å². The smallest absolute Gasteiger partial charge is 0.312 e. The average Bonchev–Trinajstić information content (AvgIpc) is 2.97. The molecule has 8 heteroatoms. The van der Waals surface area contributed by atoms with Gasteiger partial charge < -0.3 is 9.47 Å². The van der Waals surface area contributed by atoms with Crippen molar-refractivity contribution in [2.45, 2.75) is 13.5 Å². The minimum atomic E-state index is -0.408. The summed E-state index contributed by atoms with van der Waals surface area (Å²) in [7, 11) is 3.07. The van der Waals surface area contributed by atoms with Gasteiger partial charge in [0.05, 0.1) is 0 Å². The molecule has 0 radical (unpaired) electrons. The Morgan fingerprint density at radius 1 is 1.08 bits per heavy atom. The Bertz CT molecular complexity index is 1090. The molecule has 1 aromatic carbocycles. The second-order valence-electron chi connectivity index (χ2n) is 6.59. The van der Waals surface area contributed by atoms with Crippen LogP contribution in [0.4, 0.5) is 16.0 Å². The highest BCUT2D eigenvalue weighted by Gasteiger charge is 2.29. The summed E-state index contributed by atoms with van der Waals surface area (Å²) in [5.74, 6) is 0.550. The van der Waals surface area contributed by atoms with E-state index in [-0.39, 0.29) is 17.3 Å². The second kappa shape index (κ2) is 5.30. The van der Waals surface area contributed by atoms with E-state index in [1.54, 1.807) is 19.2 Å². The zero-order valence-electron chi connectivity index (χ0n) is 14.2. The van der Waals surface area contributed by atoms with Crippen LogP contribution >= 0.6 is 0 Å². The van der Waals surface area contributed by atoms with E-state index in [2.05, 4.69) is 11.9 Å². The maximum absolute atomic E-state index is 13.3. The molecule has 0 aliphatic carbocycles. The van der Waals surface area contributed by atoms with Crippen LogP contribution in [0.3, 0.4) is 0 Å². The number of fused-ring (bicyclic) bond motifs is 3. The van der Waals surface area contributed by atoms with Gasteiger partial charge in [-0.3, -0.25) is 13.9 Å². The van der Waals surface area contributed by atoms with E-state index in [9.17, 15) is 14.0 Å². The summed E-state index contributed by atoms with van der Waals surface area (Å²) in [4.78, 5) is 31.4. The van der Waals surface area contributed by atoms with Crippen LogP contribution in [-0.4, -0.2) is 25.2 Å². The summed E-state index contributed by atoms with van der Waals surface area (Å²) >= 11 is 0. The van der Waals surface area contributed by atoms with Gasteiger partial charge in [0.2, 0.25) is 5.95 Å². The van der Waals surface area contributed by atoms with Gasteiger partial charge in [-0.2, -0.15) is 4.98 Å². The molecule has 0 saturated carbocycles. The summed E-state index contributed by atoms with van der Waals surface area (Å²) in [5, 5.41) is 0. The van der Waals surface area contributed by atoms with Gasteiger partial charge in [-0.1, -0.05) is 6.92 Å². The Labute approximate surface area is 142 Å². The van der Waals surface area contributed by atoms with Gasteiger partial charge >= 0.3 is 5.69 Å². The number of hydrogen-bond donors (Lipinski definition) is 0. The fourth-order valence-electron chi connectivity index (χ4n) is 3.42. The molecule has 7 nitrogen and oxygen atoms in total. The van der Waals surface area contributed by atoms with Gasteiger partial charge in [-0.25, -0.2) is 9.18 Å². The third-order valence-corrected chi connectivity index (χ3v) is 4.70. The first-order valence-corrected chi connectivity index (χ1v) is 8.08. The Kier molecular flexibility index (Phi) is 3.31. The number of aryl methyl sites for hydroxylation is 1. The van der Waals surface area contributed by atoms with Gasteiger partial charge in [0.1, 0.15) is 5.82 Å². The third kappa shape index (κ3) is 2.20.